The fourth-order valence-electron chi connectivity index (χ4n) is 2.12. The Labute approximate surface area is 330 Å². The molecule has 0 saturated heterocycles. The van der Waals surface area contributed by atoms with E-state index in [1.54, 1.807) is 12.1 Å². The molecule has 8 heteroatoms. The van der Waals surface area contributed by atoms with Crippen molar-refractivity contribution in [3.05, 3.63) is 119 Å². The van der Waals surface area contributed by atoms with Gasteiger partial charge in [-0.05, 0) is 50.6 Å². The van der Waals surface area contributed by atoms with Crippen LogP contribution in [0.2, 0.25) is 0 Å². The molecule has 0 aliphatic heterocycles. The second-order valence-electron chi connectivity index (χ2n) is 6.51. The van der Waals surface area contributed by atoms with Gasteiger partial charge in [-0.1, -0.05) is 174 Å². The molecule has 0 unspecified atom stereocenters. The molecule has 0 atom stereocenters. The van der Waals surface area contributed by atoms with Gasteiger partial charge >= 0.3 is 0 Å². The van der Waals surface area contributed by atoms with Crippen molar-refractivity contribution < 1.29 is 75.0 Å². The molecule has 4 rings (SSSR count). The Morgan fingerprint density at radius 1 is 0.667 bits per heavy atom. The first-order valence-corrected chi connectivity index (χ1v) is 13.9. The number of aryl methyl sites for hydroxylation is 2. The minimum Gasteiger partial charge on any atom is -0.724 e. The number of nitrogens with zero attached hydrogens (tertiary/aromatic N) is 1. The third-order valence-electron chi connectivity index (χ3n) is 3.70. The molecular weight excluding hydrogens is 710 g/mol. The number of carbonyl (C=O) groups is 1. The number of isocyanates is 1. The summed E-state index contributed by atoms with van der Waals surface area (Å²) >= 11 is 0. The van der Waals surface area contributed by atoms with E-state index in [2.05, 4.69) is 53.9 Å². The standard InChI is InChI=1S/C8H10N2O.C7H9N.2C5H6.4C2H6.CNO.3CH4.2Y/c1-6-2-4-7(5-3-6)10-8(9)11;1-6-2-4-7(8)5-3-6;2*1-2-4-5-3-1;4*1-2;2-1-3;;;;;/h2-5H,1H3,(H3,9,10,11);2-5H,8H2,1H3;2*1-4H,5H2;4*1-2H3;;3*1H4;;/q;;;;;;;;-1;;;;;/p-1. The predicted octanol–water partition coefficient (Wildman–Crippen LogP) is 13.1. The molecule has 0 spiro atoms. The summed E-state index contributed by atoms with van der Waals surface area (Å²) in [6, 6.07) is 14.3. The van der Waals surface area contributed by atoms with Crippen LogP contribution in [-0.4, -0.2) is 12.1 Å². The Morgan fingerprint density at radius 3 is 1.09 bits per heavy atom. The average molecular weight is 777 g/mol. The molecule has 2 aliphatic rings. The monoisotopic (exact) mass is 776 g/mol. The van der Waals surface area contributed by atoms with E-state index in [0.717, 1.165) is 24.1 Å². The molecule has 2 aromatic rings. The molecule has 2 radical (unpaired) electrons. The molecule has 2 aromatic carbocycles. The van der Waals surface area contributed by atoms with Crippen molar-refractivity contribution in [2.45, 2.75) is 104 Å². The van der Waals surface area contributed by atoms with Gasteiger partial charge in [0.2, 0.25) is 0 Å². The average Bonchev–Trinajstić information content (AvgIpc) is 3.77. The van der Waals surface area contributed by atoms with Crippen molar-refractivity contribution in [1.29, 1.82) is 0 Å². The zero-order chi connectivity index (χ0) is 32.0. The molecule has 0 heterocycles. The van der Waals surface area contributed by atoms with Crippen LogP contribution < -0.4 is 11.1 Å². The first-order valence-electron chi connectivity index (χ1n) is 13.9. The Balaban J connectivity index is -0.0000000407. The molecule has 0 fully saturated rings. The topological polar surface area (TPSA) is 118 Å². The van der Waals surface area contributed by atoms with Crippen molar-refractivity contribution in [1.82, 2.24) is 0 Å². The number of nitrogen functional groups attached to an aromatic ring is 1. The third-order valence-corrected chi connectivity index (χ3v) is 3.70. The number of urea groups is 1. The summed E-state index contributed by atoms with van der Waals surface area (Å²) < 4.78 is 0. The first kappa shape index (κ1) is 69.7. The number of rotatable bonds is 1. The SMILES string of the molecule is C.C.C.C1=CCC=C1.C1=CCC=C1.CC.CC.CC.CC.Cc1ccc(N)cc1.Cc1ccc(NC([NH-])=O)cc1.[N-]=C=O.[Y].[Y]. The van der Waals surface area contributed by atoms with Crippen molar-refractivity contribution in [2.75, 3.05) is 11.1 Å². The number of benzene rings is 2. The second kappa shape index (κ2) is 64.9. The van der Waals surface area contributed by atoms with E-state index in [9.17, 15) is 4.79 Å². The normalized spacial score (nSPS) is 8.49. The van der Waals surface area contributed by atoms with Gasteiger partial charge in [0, 0.05) is 71.1 Å². The van der Waals surface area contributed by atoms with Crippen molar-refractivity contribution in [3.63, 3.8) is 0 Å². The van der Waals surface area contributed by atoms with E-state index in [-0.39, 0.29) is 87.7 Å². The van der Waals surface area contributed by atoms with Crippen LogP contribution in [0.4, 0.5) is 16.2 Å². The number of nitrogens with one attached hydrogen (secondary N) is 2. The summed E-state index contributed by atoms with van der Waals surface area (Å²) in [6.45, 7) is 20.0. The third kappa shape index (κ3) is 65.7. The molecule has 0 saturated carbocycles. The second-order valence-corrected chi connectivity index (χ2v) is 6.51. The molecule has 2 aliphatic carbocycles. The predicted molar refractivity (Wildman–Crippen MR) is 201 cm³/mol. The summed E-state index contributed by atoms with van der Waals surface area (Å²) in [4.78, 5) is 18.5. The number of amides is 2. The number of hydrogen-bond acceptors (Lipinski definition) is 3. The largest absolute Gasteiger partial charge is 0.724 e. The molecule has 0 bridgehead atoms. The molecule has 254 valence electrons. The molecule has 2 amide bonds. The maximum absolute atomic E-state index is 10.3. The fourth-order valence-corrected chi connectivity index (χ4v) is 2.12. The van der Waals surface area contributed by atoms with Crippen molar-refractivity contribution in [2.24, 2.45) is 0 Å². The van der Waals surface area contributed by atoms with Crippen LogP contribution in [0.1, 0.15) is 102 Å². The van der Waals surface area contributed by atoms with Crippen molar-refractivity contribution in [3.8, 4) is 0 Å². The minimum atomic E-state index is -0.783. The van der Waals surface area contributed by atoms with E-state index >= 15 is 0 Å². The Kier molecular flexibility index (Phi) is 100. The van der Waals surface area contributed by atoms with Gasteiger partial charge in [-0.25, -0.2) is 0 Å². The van der Waals surface area contributed by atoms with Gasteiger partial charge < -0.3 is 22.2 Å². The van der Waals surface area contributed by atoms with Gasteiger partial charge in [-0.3, -0.25) is 9.59 Å². The number of anilines is 2. The van der Waals surface area contributed by atoms with Gasteiger partial charge in [0.1, 0.15) is 0 Å². The number of nitrogens with two attached hydrogens (primary N) is 1. The van der Waals surface area contributed by atoms with E-state index < -0.39 is 6.03 Å². The quantitative estimate of drug-likeness (QED) is 0.170. The minimum absolute atomic E-state index is 0. The van der Waals surface area contributed by atoms with Crippen molar-refractivity contribution >= 4 is 23.5 Å². The molecular formula is C37H66N4O2Y2-2. The summed E-state index contributed by atoms with van der Waals surface area (Å²) in [7, 11) is 0. The smallest absolute Gasteiger partial charge is 0.153 e. The van der Waals surface area contributed by atoms with Crippen LogP contribution in [-0.2, 0) is 70.2 Å². The summed E-state index contributed by atoms with van der Waals surface area (Å²) in [6.07, 6.45) is 19.5. The number of allylic oxidation sites excluding steroid dienone is 8. The Hall–Kier alpha value is -1.94. The molecule has 0 aromatic heterocycles. The first-order chi connectivity index (χ1) is 19.4. The maximum atomic E-state index is 10.3. The number of carbonyl (C=O) groups excluding carboxylic acids is 2. The summed E-state index contributed by atoms with van der Waals surface area (Å²) in [5.74, 6) is 0. The van der Waals surface area contributed by atoms with Gasteiger partial charge in [0.15, 0.2) is 6.03 Å². The van der Waals surface area contributed by atoms with Crippen LogP contribution in [0.3, 0.4) is 0 Å². The summed E-state index contributed by atoms with van der Waals surface area (Å²) in [5.41, 5.74) is 15.9. The zero-order valence-corrected chi connectivity index (χ0v) is 33.3. The van der Waals surface area contributed by atoms with E-state index in [4.69, 9.17) is 21.7 Å². The van der Waals surface area contributed by atoms with E-state index in [0.29, 0.717) is 11.8 Å². The van der Waals surface area contributed by atoms with Gasteiger partial charge in [-0.15, -0.1) is 0 Å². The molecule has 45 heavy (non-hydrogen) atoms. The van der Waals surface area contributed by atoms with Crippen LogP contribution in [0, 0.1) is 13.8 Å². The summed E-state index contributed by atoms with van der Waals surface area (Å²) in [5, 5.41) is 9.12. The van der Waals surface area contributed by atoms with Gasteiger partial charge in [0.25, 0.3) is 0 Å². The van der Waals surface area contributed by atoms with Crippen LogP contribution >= 0.6 is 0 Å². The van der Waals surface area contributed by atoms with Gasteiger partial charge in [-0.2, -0.15) is 0 Å². The van der Waals surface area contributed by atoms with Crippen LogP contribution in [0.25, 0.3) is 11.1 Å². The van der Waals surface area contributed by atoms with E-state index in [1.165, 1.54) is 5.56 Å². The van der Waals surface area contributed by atoms with E-state index in [1.807, 2.05) is 106 Å². The maximum Gasteiger partial charge on any atom is 0.153 e. The molecule has 6 nitrogen and oxygen atoms in total. The Bertz CT molecular complexity index is 871. The Morgan fingerprint density at radius 2 is 0.911 bits per heavy atom. The van der Waals surface area contributed by atoms with Crippen LogP contribution in [0.15, 0.2) is 97.1 Å². The van der Waals surface area contributed by atoms with Crippen LogP contribution in [0.5, 0.6) is 0 Å². The van der Waals surface area contributed by atoms with Gasteiger partial charge in [0.05, 0.1) is 0 Å². The zero-order valence-electron chi connectivity index (χ0n) is 27.6. The fraction of sp³-hybridized carbons (Fsp3) is 0.405. The molecule has 4 N–H and O–H groups in total. The number of hydrogen-bond donors (Lipinski definition) is 2.